The Labute approximate surface area is 185 Å². The van der Waals surface area contributed by atoms with Crippen molar-refractivity contribution in [1.29, 1.82) is 0 Å². The fourth-order valence-electron chi connectivity index (χ4n) is 3.26. The predicted molar refractivity (Wildman–Crippen MR) is 113 cm³/mol. The van der Waals surface area contributed by atoms with E-state index in [1.54, 1.807) is 18.2 Å². The maximum atomic E-state index is 13.1. The van der Waals surface area contributed by atoms with Gasteiger partial charge in [0, 0.05) is 18.2 Å². The van der Waals surface area contributed by atoms with Crippen molar-refractivity contribution in [2.24, 2.45) is 0 Å². The zero-order valence-electron chi connectivity index (χ0n) is 15.4. The molecule has 158 valence electrons. The first-order valence-electron chi connectivity index (χ1n) is 9.06. The zero-order valence-corrected chi connectivity index (χ0v) is 17.8. The third-order valence-corrected chi connectivity index (χ3v) is 6.45. The van der Waals surface area contributed by atoms with Gasteiger partial charge >= 0.3 is 6.18 Å². The van der Waals surface area contributed by atoms with Crippen molar-refractivity contribution in [2.75, 3.05) is 13.2 Å². The largest absolute Gasteiger partial charge is 0.457 e. The number of carbonyl (C=O) groups excluding carboxylic acids is 1. The van der Waals surface area contributed by atoms with E-state index in [1.165, 1.54) is 17.0 Å². The van der Waals surface area contributed by atoms with Crippen LogP contribution in [0, 0.1) is 0 Å². The van der Waals surface area contributed by atoms with Crippen LogP contribution in [0.25, 0.3) is 17.4 Å². The monoisotopic (exact) mass is 473 g/mol. The minimum absolute atomic E-state index is 0.0187. The molecule has 1 aromatic heterocycles. The standard InChI is InChI=1S/C20H15ClF3NO3S2/c21-15-5-3-11(8-14(15)20(22,23)24)16-6-4-12(28-16)9-17-18(26)25(19(29)30-17)10-13-2-1-7-27-13/h3-6,8-9,13H,1-2,7,10H2/b17-9-/t13-/m1/s1. The molecule has 1 atom stereocenters. The van der Waals surface area contributed by atoms with Crippen molar-refractivity contribution in [2.45, 2.75) is 25.1 Å². The number of rotatable bonds is 4. The molecule has 10 heteroatoms. The van der Waals surface area contributed by atoms with E-state index in [2.05, 4.69) is 0 Å². The highest BCUT2D eigenvalue weighted by Gasteiger charge is 2.35. The van der Waals surface area contributed by atoms with Crippen LogP contribution in [0.15, 0.2) is 39.7 Å². The fraction of sp³-hybridized carbons (Fsp3) is 0.300. The molecule has 0 aliphatic carbocycles. The van der Waals surface area contributed by atoms with Gasteiger partial charge in [-0.05, 0) is 43.2 Å². The minimum Gasteiger partial charge on any atom is -0.457 e. The highest BCUT2D eigenvalue weighted by Crippen LogP contribution is 2.38. The number of thioether (sulfide) groups is 1. The van der Waals surface area contributed by atoms with Crippen LogP contribution < -0.4 is 0 Å². The SMILES string of the molecule is O=C1/C(=C/c2ccc(-c3ccc(Cl)c(C(F)(F)F)c3)o2)SC(=S)N1C[C@H]1CCCO1. The normalized spacial score (nSPS) is 21.3. The number of carbonyl (C=O) groups is 1. The van der Waals surface area contributed by atoms with Gasteiger partial charge in [-0.1, -0.05) is 35.6 Å². The summed E-state index contributed by atoms with van der Waals surface area (Å²) in [6.45, 7) is 1.10. The molecule has 0 saturated carbocycles. The molecule has 30 heavy (non-hydrogen) atoms. The van der Waals surface area contributed by atoms with Crippen molar-refractivity contribution in [3.63, 3.8) is 0 Å². The first-order chi connectivity index (χ1) is 14.2. The van der Waals surface area contributed by atoms with Gasteiger partial charge in [0.05, 0.1) is 28.1 Å². The maximum Gasteiger partial charge on any atom is 0.417 e. The molecule has 0 bridgehead atoms. The molecule has 2 aromatic rings. The number of hydrogen-bond donors (Lipinski definition) is 0. The third kappa shape index (κ3) is 4.44. The number of alkyl halides is 3. The molecule has 4 rings (SSSR count). The summed E-state index contributed by atoms with van der Waals surface area (Å²) in [5.74, 6) is 0.341. The molecule has 4 nitrogen and oxygen atoms in total. The summed E-state index contributed by atoms with van der Waals surface area (Å²) in [6.07, 6.45) is -1.20. The van der Waals surface area contributed by atoms with Gasteiger partial charge in [0.15, 0.2) is 0 Å². The van der Waals surface area contributed by atoms with E-state index in [0.717, 1.165) is 30.7 Å². The molecule has 3 heterocycles. The van der Waals surface area contributed by atoms with E-state index in [4.69, 9.17) is 33.0 Å². The summed E-state index contributed by atoms with van der Waals surface area (Å²) in [5, 5.41) is -0.382. The molecule has 2 fully saturated rings. The molecule has 0 unspecified atom stereocenters. The molecule has 0 N–H and O–H groups in total. The Balaban J connectivity index is 1.54. The van der Waals surface area contributed by atoms with E-state index in [1.807, 2.05) is 0 Å². The van der Waals surface area contributed by atoms with Gasteiger partial charge in [0.2, 0.25) is 0 Å². The Bertz CT molecular complexity index is 1030. The van der Waals surface area contributed by atoms with E-state index in [-0.39, 0.29) is 28.4 Å². The van der Waals surface area contributed by atoms with Crippen LogP contribution in [0.2, 0.25) is 5.02 Å². The number of amides is 1. The van der Waals surface area contributed by atoms with Gasteiger partial charge in [-0.25, -0.2) is 0 Å². The van der Waals surface area contributed by atoms with Gasteiger partial charge in [0.25, 0.3) is 5.91 Å². The molecule has 2 saturated heterocycles. The summed E-state index contributed by atoms with van der Waals surface area (Å²) in [7, 11) is 0. The first-order valence-corrected chi connectivity index (χ1v) is 10.7. The van der Waals surface area contributed by atoms with E-state index < -0.39 is 11.7 Å². The Hall–Kier alpha value is -1.81. The van der Waals surface area contributed by atoms with E-state index in [0.29, 0.717) is 28.1 Å². The van der Waals surface area contributed by atoms with Gasteiger partial charge in [-0.3, -0.25) is 9.69 Å². The molecular formula is C20H15ClF3NO3S2. The van der Waals surface area contributed by atoms with Crippen LogP contribution in [0.5, 0.6) is 0 Å². The second-order valence-electron chi connectivity index (χ2n) is 6.82. The van der Waals surface area contributed by atoms with Gasteiger partial charge in [-0.15, -0.1) is 0 Å². The van der Waals surface area contributed by atoms with Crippen LogP contribution in [0.1, 0.15) is 24.2 Å². The Morgan fingerprint density at radius 3 is 2.80 bits per heavy atom. The van der Waals surface area contributed by atoms with Crippen molar-refractivity contribution >= 4 is 51.9 Å². The van der Waals surface area contributed by atoms with Gasteiger partial charge < -0.3 is 9.15 Å². The van der Waals surface area contributed by atoms with E-state index in [9.17, 15) is 18.0 Å². The second-order valence-corrected chi connectivity index (χ2v) is 8.90. The molecule has 0 spiro atoms. The number of benzene rings is 1. The summed E-state index contributed by atoms with van der Waals surface area (Å²) in [4.78, 5) is 14.6. The van der Waals surface area contributed by atoms with Crippen LogP contribution in [0.4, 0.5) is 13.2 Å². The topological polar surface area (TPSA) is 42.7 Å². The van der Waals surface area contributed by atoms with Gasteiger partial charge in [0.1, 0.15) is 15.8 Å². The smallest absolute Gasteiger partial charge is 0.417 e. The number of ether oxygens (including phenoxy) is 1. The van der Waals surface area contributed by atoms with Gasteiger partial charge in [-0.2, -0.15) is 13.2 Å². The number of nitrogens with zero attached hydrogens (tertiary/aromatic N) is 1. The fourth-order valence-corrected chi connectivity index (χ4v) is 4.74. The Kier molecular flexibility index (Phi) is 5.98. The summed E-state index contributed by atoms with van der Waals surface area (Å²) < 4.78 is 50.9. The lowest BCUT2D eigenvalue weighted by molar-refractivity contribution is -0.137. The minimum atomic E-state index is -4.57. The van der Waals surface area contributed by atoms with Crippen molar-refractivity contribution in [1.82, 2.24) is 4.90 Å². The van der Waals surface area contributed by atoms with Crippen LogP contribution in [-0.4, -0.2) is 34.4 Å². The molecule has 1 amide bonds. The molecular weight excluding hydrogens is 459 g/mol. The van der Waals surface area contributed by atoms with Crippen LogP contribution in [0.3, 0.4) is 0 Å². The Morgan fingerprint density at radius 1 is 1.30 bits per heavy atom. The van der Waals surface area contributed by atoms with E-state index >= 15 is 0 Å². The summed E-state index contributed by atoms with van der Waals surface area (Å²) in [6, 6.07) is 6.69. The molecule has 0 radical (unpaired) electrons. The first kappa shape index (κ1) is 21.4. The Morgan fingerprint density at radius 2 is 2.10 bits per heavy atom. The number of thiocarbonyl (C=S) groups is 1. The zero-order chi connectivity index (χ0) is 21.5. The quantitative estimate of drug-likeness (QED) is 0.402. The molecule has 2 aliphatic rings. The second kappa shape index (κ2) is 8.37. The molecule has 2 aliphatic heterocycles. The van der Waals surface area contributed by atoms with Crippen LogP contribution >= 0.6 is 35.6 Å². The highest BCUT2D eigenvalue weighted by molar-refractivity contribution is 8.26. The lowest BCUT2D eigenvalue weighted by Gasteiger charge is -2.18. The summed E-state index contributed by atoms with van der Waals surface area (Å²) in [5.41, 5.74) is -0.702. The molecule has 1 aromatic carbocycles. The average molecular weight is 474 g/mol. The lowest BCUT2D eigenvalue weighted by Crippen LogP contribution is -2.35. The lowest BCUT2D eigenvalue weighted by atomic mass is 10.1. The highest BCUT2D eigenvalue weighted by atomic mass is 35.5. The number of halogens is 4. The maximum absolute atomic E-state index is 13.1. The summed E-state index contributed by atoms with van der Waals surface area (Å²) >= 11 is 12.1. The number of furan rings is 1. The predicted octanol–water partition coefficient (Wildman–Crippen LogP) is 6.00. The van der Waals surface area contributed by atoms with Crippen LogP contribution in [-0.2, 0) is 15.7 Å². The number of hydrogen-bond acceptors (Lipinski definition) is 5. The van der Waals surface area contributed by atoms with Crippen molar-refractivity contribution in [3.8, 4) is 11.3 Å². The average Bonchev–Trinajstić information content (AvgIpc) is 3.40. The third-order valence-electron chi connectivity index (χ3n) is 4.74. The van der Waals surface area contributed by atoms with Crippen molar-refractivity contribution in [3.05, 3.63) is 51.6 Å². The van der Waals surface area contributed by atoms with Crippen molar-refractivity contribution < 1.29 is 27.1 Å².